The number of fused-ring (bicyclic) bond motifs is 16. The van der Waals surface area contributed by atoms with E-state index in [1.54, 1.807) is 0 Å². The van der Waals surface area contributed by atoms with Crippen molar-refractivity contribution in [3.05, 3.63) is 103 Å². The highest BCUT2D eigenvalue weighted by atomic mass is 32.1. The molecular weight excluding hydrogens is 446 g/mol. The van der Waals surface area contributed by atoms with Crippen LogP contribution in [0.25, 0.3) is 80.1 Å². The molecule has 9 aromatic rings. The molecule has 0 saturated heterocycles. The summed E-state index contributed by atoms with van der Waals surface area (Å²) in [6, 6.07) is 35.0. The van der Waals surface area contributed by atoms with E-state index < -0.39 is 0 Å². The van der Waals surface area contributed by atoms with Crippen molar-refractivity contribution in [2.45, 2.75) is 0 Å². The molecule has 0 aliphatic carbocycles. The molecule has 2 nitrogen and oxygen atoms in total. The zero-order valence-corrected chi connectivity index (χ0v) is 19.4. The van der Waals surface area contributed by atoms with Gasteiger partial charge in [0, 0.05) is 58.7 Å². The van der Waals surface area contributed by atoms with E-state index >= 15 is 0 Å². The molecular formula is C32H17NOS. The van der Waals surface area contributed by atoms with Crippen LogP contribution in [0.1, 0.15) is 0 Å². The Morgan fingerprint density at radius 1 is 0.514 bits per heavy atom. The third-order valence-corrected chi connectivity index (χ3v) is 8.69. The lowest BCUT2D eigenvalue weighted by molar-refractivity contribution is 0.671. The molecule has 3 heteroatoms. The fourth-order valence-electron chi connectivity index (χ4n) is 6.11. The lowest BCUT2D eigenvalue weighted by Gasteiger charge is -2.11. The molecule has 0 atom stereocenters. The highest BCUT2D eigenvalue weighted by molar-refractivity contribution is 7.26. The van der Waals surface area contributed by atoms with Gasteiger partial charge in [-0.1, -0.05) is 72.8 Å². The predicted octanol–water partition coefficient (Wildman–Crippen LogP) is 9.67. The molecule has 4 heterocycles. The maximum atomic E-state index is 6.54. The Morgan fingerprint density at radius 3 is 2.20 bits per heavy atom. The van der Waals surface area contributed by atoms with Crippen molar-refractivity contribution >= 4 is 91.4 Å². The molecule has 0 saturated carbocycles. The number of pyridine rings is 1. The zero-order chi connectivity index (χ0) is 22.7. The minimum Gasteiger partial charge on any atom is -0.454 e. The molecule has 5 aromatic carbocycles. The summed E-state index contributed by atoms with van der Waals surface area (Å²) >= 11 is 1.88. The second kappa shape index (κ2) is 6.21. The Kier molecular flexibility index (Phi) is 3.20. The number of benzene rings is 5. The molecule has 0 radical (unpaired) electrons. The lowest BCUT2D eigenvalue weighted by Crippen LogP contribution is -1.91. The van der Waals surface area contributed by atoms with Gasteiger partial charge in [0.05, 0.1) is 11.0 Å². The Labute approximate surface area is 203 Å². The van der Waals surface area contributed by atoms with Crippen LogP contribution in [-0.2, 0) is 0 Å². The van der Waals surface area contributed by atoms with Crippen molar-refractivity contribution in [2.75, 3.05) is 0 Å². The number of furan rings is 1. The molecule has 35 heavy (non-hydrogen) atoms. The van der Waals surface area contributed by atoms with Crippen molar-refractivity contribution in [3.63, 3.8) is 0 Å². The summed E-state index contributed by atoms with van der Waals surface area (Å²) in [5.74, 6) is 0. The van der Waals surface area contributed by atoms with Gasteiger partial charge in [-0.3, -0.25) is 0 Å². The zero-order valence-electron chi connectivity index (χ0n) is 18.6. The molecule has 0 aliphatic heterocycles. The van der Waals surface area contributed by atoms with E-state index in [1.807, 2.05) is 17.4 Å². The number of hydrogen-bond acceptors (Lipinski definition) is 2. The van der Waals surface area contributed by atoms with Gasteiger partial charge in [0.15, 0.2) is 5.58 Å². The van der Waals surface area contributed by atoms with Crippen molar-refractivity contribution in [1.82, 2.24) is 4.40 Å². The standard InChI is InChI=1S/C32H17NOS/c1-2-8-19-18(7-1)17-33-30(19)29-21(15-16-27-28(29)24-10-4-6-12-26(24)35-27)22-13-14-23-20-9-3-5-11-25(20)34-32(23)31(22)33/h1-17H. The maximum Gasteiger partial charge on any atom is 0.160 e. The fraction of sp³-hybridized carbons (Fsp3) is 0. The second-order valence-electron chi connectivity index (χ2n) is 9.33. The summed E-state index contributed by atoms with van der Waals surface area (Å²) in [4.78, 5) is 0. The van der Waals surface area contributed by atoms with Crippen LogP contribution in [-0.4, -0.2) is 4.40 Å². The Balaban J connectivity index is 1.67. The number of aromatic nitrogens is 1. The average Bonchev–Trinajstić information content (AvgIpc) is 3.59. The summed E-state index contributed by atoms with van der Waals surface area (Å²) in [6.07, 6.45) is 2.28. The Bertz CT molecular complexity index is 2330. The van der Waals surface area contributed by atoms with Crippen LogP contribution < -0.4 is 0 Å². The largest absolute Gasteiger partial charge is 0.454 e. The first-order valence-corrected chi connectivity index (χ1v) is 12.7. The summed E-state index contributed by atoms with van der Waals surface area (Å²) < 4.78 is 11.6. The van der Waals surface area contributed by atoms with Crippen molar-refractivity contribution in [1.29, 1.82) is 0 Å². The van der Waals surface area contributed by atoms with E-state index in [0.717, 1.165) is 27.5 Å². The highest BCUT2D eigenvalue weighted by Crippen LogP contribution is 2.46. The van der Waals surface area contributed by atoms with E-state index in [2.05, 4.69) is 102 Å². The number of nitrogens with zero attached hydrogens (tertiary/aromatic N) is 1. The van der Waals surface area contributed by atoms with Gasteiger partial charge in [0.25, 0.3) is 0 Å². The highest BCUT2D eigenvalue weighted by Gasteiger charge is 2.20. The Hall–Kier alpha value is -4.34. The van der Waals surface area contributed by atoms with Crippen LogP contribution in [0, 0.1) is 0 Å². The molecule has 0 bridgehead atoms. The van der Waals surface area contributed by atoms with E-state index in [-0.39, 0.29) is 0 Å². The Morgan fingerprint density at radius 2 is 1.26 bits per heavy atom. The van der Waals surface area contributed by atoms with Gasteiger partial charge in [-0.05, 0) is 29.7 Å². The van der Waals surface area contributed by atoms with Crippen LogP contribution in [0.5, 0.6) is 0 Å². The molecule has 0 N–H and O–H groups in total. The van der Waals surface area contributed by atoms with Gasteiger partial charge in [-0.15, -0.1) is 11.3 Å². The van der Waals surface area contributed by atoms with E-state index in [0.29, 0.717) is 0 Å². The van der Waals surface area contributed by atoms with Gasteiger partial charge >= 0.3 is 0 Å². The summed E-state index contributed by atoms with van der Waals surface area (Å²) in [5, 5.41) is 11.3. The first-order valence-electron chi connectivity index (χ1n) is 11.9. The topological polar surface area (TPSA) is 17.6 Å². The lowest BCUT2D eigenvalue weighted by atomic mass is 9.98. The number of thiophene rings is 1. The molecule has 4 aromatic heterocycles. The molecule has 0 aliphatic rings. The maximum absolute atomic E-state index is 6.54. The normalized spacial score (nSPS) is 12.6. The van der Waals surface area contributed by atoms with Gasteiger partial charge in [0.2, 0.25) is 0 Å². The molecule has 0 amide bonds. The minimum absolute atomic E-state index is 0.930. The third kappa shape index (κ3) is 2.15. The summed E-state index contributed by atoms with van der Waals surface area (Å²) in [6.45, 7) is 0. The van der Waals surface area contributed by atoms with E-state index in [4.69, 9.17) is 4.42 Å². The summed E-state index contributed by atoms with van der Waals surface area (Å²) in [5.41, 5.74) is 4.27. The monoisotopic (exact) mass is 463 g/mol. The van der Waals surface area contributed by atoms with Crippen molar-refractivity contribution in [3.8, 4) is 0 Å². The van der Waals surface area contributed by atoms with Gasteiger partial charge < -0.3 is 8.82 Å². The average molecular weight is 464 g/mol. The van der Waals surface area contributed by atoms with E-state index in [9.17, 15) is 0 Å². The molecule has 162 valence electrons. The second-order valence-corrected chi connectivity index (χ2v) is 10.4. The van der Waals surface area contributed by atoms with Crippen LogP contribution in [0.3, 0.4) is 0 Å². The van der Waals surface area contributed by atoms with Crippen molar-refractivity contribution < 1.29 is 4.42 Å². The number of hydrogen-bond donors (Lipinski definition) is 0. The molecule has 0 fully saturated rings. The number of rotatable bonds is 0. The first kappa shape index (κ1) is 18.0. The molecule has 9 rings (SSSR count). The summed E-state index contributed by atoms with van der Waals surface area (Å²) in [7, 11) is 0. The quantitative estimate of drug-likeness (QED) is 0.205. The van der Waals surface area contributed by atoms with Crippen LogP contribution >= 0.6 is 11.3 Å². The van der Waals surface area contributed by atoms with Crippen LogP contribution in [0.2, 0.25) is 0 Å². The molecule has 0 unspecified atom stereocenters. The van der Waals surface area contributed by atoms with Crippen LogP contribution in [0.15, 0.2) is 108 Å². The van der Waals surface area contributed by atoms with Crippen molar-refractivity contribution in [2.24, 2.45) is 0 Å². The third-order valence-electron chi connectivity index (χ3n) is 7.56. The number of para-hydroxylation sites is 1. The smallest absolute Gasteiger partial charge is 0.160 e. The van der Waals surface area contributed by atoms with Gasteiger partial charge in [-0.2, -0.15) is 0 Å². The predicted molar refractivity (Wildman–Crippen MR) is 150 cm³/mol. The first-order chi connectivity index (χ1) is 17.4. The fourth-order valence-corrected chi connectivity index (χ4v) is 7.22. The van der Waals surface area contributed by atoms with Gasteiger partial charge in [0.1, 0.15) is 5.58 Å². The minimum atomic E-state index is 0.930. The van der Waals surface area contributed by atoms with Crippen LogP contribution in [0.4, 0.5) is 0 Å². The molecule has 0 spiro atoms. The van der Waals surface area contributed by atoms with Gasteiger partial charge in [-0.25, -0.2) is 0 Å². The van der Waals surface area contributed by atoms with E-state index in [1.165, 1.54) is 52.6 Å². The SMILES string of the molecule is c1ccc2c(c1)cn1c3c(ccc4c5ccccc5oc43)c3ccc4sc5ccccc5c4c3c21.